The average molecular weight is 421 g/mol. The molecular weight excluding hydrogens is 388 g/mol. The first-order valence-electron chi connectivity index (χ1n) is 10.1. The molecule has 0 radical (unpaired) electrons. The maximum absolute atomic E-state index is 12.4. The highest BCUT2D eigenvalue weighted by Gasteiger charge is 2.15. The van der Waals surface area contributed by atoms with Gasteiger partial charge < -0.3 is 10.1 Å². The Balaban J connectivity index is 1.60. The van der Waals surface area contributed by atoms with Gasteiger partial charge in [-0.3, -0.25) is 0 Å². The fourth-order valence-corrected chi connectivity index (χ4v) is 4.02. The average Bonchev–Trinajstić information content (AvgIpc) is 2.64. The Labute approximate surface area is 174 Å². The summed E-state index contributed by atoms with van der Waals surface area (Å²) in [7, 11) is -3.49. The summed E-state index contributed by atoms with van der Waals surface area (Å²) in [5, 5.41) is 4.67. The van der Waals surface area contributed by atoms with Crippen molar-refractivity contribution in [1.82, 2.24) is 10.0 Å². The van der Waals surface area contributed by atoms with Crippen molar-refractivity contribution in [3.63, 3.8) is 0 Å². The van der Waals surface area contributed by atoms with Gasteiger partial charge in [0.1, 0.15) is 5.60 Å². The summed E-state index contributed by atoms with van der Waals surface area (Å²) in [6.45, 7) is 6.51. The number of nitrogens with one attached hydrogen (secondary N) is 2. The number of rotatable bonds is 10. The maximum atomic E-state index is 12.4. The molecule has 0 aliphatic heterocycles. The van der Waals surface area contributed by atoms with E-state index in [1.54, 1.807) is 12.1 Å². The fourth-order valence-electron chi connectivity index (χ4n) is 2.91. The van der Waals surface area contributed by atoms with E-state index < -0.39 is 15.6 Å². The molecule has 0 spiro atoms. The molecular formula is C22H32N2O4S. The van der Waals surface area contributed by atoms with Crippen molar-refractivity contribution in [3.05, 3.63) is 42.5 Å². The lowest BCUT2D eigenvalue weighted by molar-refractivity contribution is 0.0527. The quantitative estimate of drug-likeness (QED) is 0.551. The lowest BCUT2D eigenvalue weighted by Crippen LogP contribution is -2.32. The van der Waals surface area contributed by atoms with Crippen LogP contribution in [0.2, 0.25) is 0 Å². The highest BCUT2D eigenvalue weighted by molar-refractivity contribution is 7.89. The van der Waals surface area contributed by atoms with Crippen LogP contribution in [0.5, 0.6) is 0 Å². The minimum Gasteiger partial charge on any atom is -0.444 e. The van der Waals surface area contributed by atoms with Crippen LogP contribution in [-0.2, 0) is 14.8 Å². The molecule has 7 heteroatoms. The van der Waals surface area contributed by atoms with E-state index in [0.717, 1.165) is 42.9 Å². The number of sulfonamides is 1. The van der Waals surface area contributed by atoms with E-state index >= 15 is 0 Å². The molecule has 6 nitrogen and oxygen atoms in total. The fraction of sp³-hybridized carbons (Fsp3) is 0.500. The third-order valence-corrected chi connectivity index (χ3v) is 5.80. The topological polar surface area (TPSA) is 84.5 Å². The van der Waals surface area contributed by atoms with Crippen LogP contribution in [0.3, 0.4) is 0 Å². The summed E-state index contributed by atoms with van der Waals surface area (Å²) in [6.07, 6.45) is 4.18. The summed E-state index contributed by atoms with van der Waals surface area (Å²) in [4.78, 5) is 11.8. The number of ether oxygens (including phenoxy) is 1. The van der Waals surface area contributed by atoms with E-state index in [1.165, 1.54) is 0 Å². The van der Waals surface area contributed by atoms with Gasteiger partial charge in [-0.05, 0) is 56.5 Å². The molecule has 29 heavy (non-hydrogen) atoms. The highest BCUT2D eigenvalue weighted by atomic mass is 32.2. The molecule has 2 N–H and O–H groups in total. The van der Waals surface area contributed by atoms with E-state index in [9.17, 15) is 13.2 Å². The van der Waals surface area contributed by atoms with E-state index in [0.29, 0.717) is 18.0 Å². The molecule has 2 aromatic carbocycles. The summed E-state index contributed by atoms with van der Waals surface area (Å²) in [5.74, 6) is 0. The van der Waals surface area contributed by atoms with Crippen LogP contribution >= 0.6 is 0 Å². The highest BCUT2D eigenvalue weighted by Crippen LogP contribution is 2.18. The third-order valence-electron chi connectivity index (χ3n) is 4.35. The second kappa shape index (κ2) is 10.6. The molecule has 0 saturated heterocycles. The van der Waals surface area contributed by atoms with Gasteiger partial charge in [-0.15, -0.1) is 0 Å². The van der Waals surface area contributed by atoms with Crippen LogP contribution in [-0.4, -0.2) is 33.2 Å². The maximum Gasteiger partial charge on any atom is 0.407 e. The van der Waals surface area contributed by atoms with E-state index in [1.807, 2.05) is 51.1 Å². The van der Waals surface area contributed by atoms with Crippen molar-refractivity contribution in [3.8, 4) is 0 Å². The van der Waals surface area contributed by atoms with Gasteiger partial charge in [0.15, 0.2) is 0 Å². The SMILES string of the molecule is CC(C)(C)OC(=O)NCCCCCCCNS(=O)(=O)c1ccc2ccccc2c1. The van der Waals surface area contributed by atoms with Crippen LogP contribution in [0.1, 0.15) is 52.9 Å². The van der Waals surface area contributed by atoms with Crippen molar-refractivity contribution < 1.29 is 17.9 Å². The zero-order chi connectivity index (χ0) is 21.3. The number of carbonyl (C=O) groups excluding carboxylic acids is 1. The molecule has 0 aliphatic carbocycles. The normalized spacial score (nSPS) is 12.1. The number of alkyl carbamates (subject to hydrolysis) is 1. The summed E-state index contributed by atoms with van der Waals surface area (Å²) in [5.41, 5.74) is -0.482. The summed E-state index contributed by atoms with van der Waals surface area (Å²) >= 11 is 0. The van der Waals surface area contributed by atoms with Crippen molar-refractivity contribution in [2.24, 2.45) is 0 Å². The first-order chi connectivity index (χ1) is 13.7. The van der Waals surface area contributed by atoms with Gasteiger partial charge >= 0.3 is 6.09 Å². The van der Waals surface area contributed by atoms with E-state index in [4.69, 9.17) is 4.74 Å². The van der Waals surface area contributed by atoms with Gasteiger partial charge in [0, 0.05) is 13.1 Å². The predicted molar refractivity (Wildman–Crippen MR) is 116 cm³/mol. The van der Waals surface area contributed by atoms with Crippen LogP contribution in [0, 0.1) is 0 Å². The van der Waals surface area contributed by atoms with Gasteiger partial charge in [0.05, 0.1) is 4.90 Å². The minimum absolute atomic E-state index is 0.296. The Kier molecular flexibility index (Phi) is 8.46. The summed E-state index contributed by atoms with van der Waals surface area (Å²) < 4.78 is 32.8. The Morgan fingerprint density at radius 2 is 1.52 bits per heavy atom. The van der Waals surface area contributed by atoms with Crippen LogP contribution in [0.15, 0.2) is 47.4 Å². The molecule has 1 amide bonds. The molecule has 2 aromatic rings. The van der Waals surface area contributed by atoms with Crippen molar-refractivity contribution in [2.75, 3.05) is 13.1 Å². The Hall–Kier alpha value is -2.12. The molecule has 0 heterocycles. The lowest BCUT2D eigenvalue weighted by atomic mass is 10.1. The van der Waals surface area contributed by atoms with Crippen molar-refractivity contribution >= 4 is 26.9 Å². The number of unbranched alkanes of at least 4 members (excludes halogenated alkanes) is 4. The van der Waals surface area contributed by atoms with Gasteiger partial charge in [0.25, 0.3) is 0 Å². The predicted octanol–water partition coefficient (Wildman–Crippen LogP) is 4.59. The zero-order valence-corrected chi connectivity index (χ0v) is 18.3. The first-order valence-corrected chi connectivity index (χ1v) is 11.6. The Morgan fingerprint density at radius 3 is 2.21 bits per heavy atom. The van der Waals surface area contributed by atoms with E-state index in [-0.39, 0.29) is 6.09 Å². The van der Waals surface area contributed by atoms with Crippen molar-refractivity contribution in [1.29, 1.82) is 0 Å². The Bertz CT molecular complexity index is 904. The molecule has 0 atom stereocenters. The second-order valence-electron chi connectivity index (χ2n) is 8.10. The lowest BCUT2D eigenvalue weighted by Gasteiger charge is -2.19. The van der Waals surface area contributed by atoms with E-state index in [2.05, 4.69) is 10.0 Å². The number of benzene rings is 2. The molecule has 0 saturated carbocycles. The van der Waals surface area contributed by atoms with Crippen molar-refractivity contribution in [2.45, 2.75) is 63.4 Å². The van der Waals surface area contributed by atoms with Gasteiger partial charge in [-0.25, -0.2) is 17.9 Å². The molecule has 0 aliphatic rings. The molecule has 0 bridgehead atoms. The number of fused-ring (bicyclic) bond motifs is 1. The summed E-state index contributed by atoms with van der Waals surface area (Å²) in [6, 6.07) is 12.9. The van der Waals surface area contributed by atoms with Gasteiger partial charge in [-0.1, -0.05) is 49.6 Å². The molecule has 2 rings (SSSR count). The molecule has 0 fully saturated rings. The second-order valence-corrected chi connectivity index (χ2v) is 9.87. The number of amides is 1. The Morgan fingerprint density at radius 1 is 0.897 bits per heavy atom. The van der Waals surface area contributed by atoms with Crippen LogP contribution in [0.4, 0.5) is 4.79 Å². The first kappa shape index (κ1) is 23.2. The van der Waals surface area contributed by atoms with Gasteiger partial charge in [-0.2, -0.15) is 0 Å². The molecule has 0 unspecified atom stereocenters. The smallest absolute Gasteiger partial charge is 0.407 e. The zero-order valence-electron chi connectivity index (χ0n) is 17.5. The largest absolute Gasteiger partial charge is 0.444 e. The minimum atomic E-state index is -3.49. The standard InChI is InChI=1S/C22H32N2O4S/c1-22(2,3)28-21(25)23-15-9-5-4-6-10-16-24-29(26,27)20-14-13-18-11-7-8-12-19(18)17-20/h7-8,11-14,17,24H,4-6,9-10,15-16H2,1-3H3,(H,23,25). The number of carbonyl (C=O) groups is 1. The van der Waals surface area contributed by atoms with Crippen LogP contribution < -0.4 is 10.0 Å². The van der Waals surface area contributed by atoms with Gasteiger partial charge in [0.2, 0.25) is 10.0 Å². The third kappa shape index (κ3) is 8.41. The number of hydrogen-bond donors (Lipinski definition) is 2. The molecule has 0 aromatic heterocycles. The van der Waals surface area contributed by atoms with Crippen LogP contribution in [0.25, 0.3) is 10.8 Å². The molecule has 160 valence electrons. The monoisotopic (exact) mass is 420 g/mol. The number of hydrogen-bond acceptors (Lipinski definition) is 4.